The van der Waals surface area contributed by atoms with Gasteiger partial charge in [0.2, 0.25) is 0 Å². The average molecular weight is 253 g/mol. The van der Waals surface area contributed by atoms with Gasteiger partial charge in [-0.1, -0.05) is 30.3 Å². The maximum absolute atomic E-state index is 13.3. The average Bonchev–Trinajstić information content (AvgIpc) is 2.40. The largest absolute Gasteiger partial charge is 0.445 e. The van der Waals surface area contributed by atoms with E-state index in [9.17, 15) is 14.3 Å². The molecular weight excluding hydrogens is 237 g/mol. The second-order valence-corrected chi connectivity index (χ2v) is 4.36. The number of rotatable bonds is 2. The van der Waals surface area contributed by atoms with Gasteiger partial charge in [-0.15, -0.1) is 0 Å². The molecule has 1 aromatic rings. The van der Waals surface area contributed by atoms with Crippen LogP contribution in [0.15, 0.2) is 30.3 Å². The van der Waals surface area contributed by atoms with E-state index in [1.165, 1.54) is 4.90 Å². The number of benzene rings is 1. The van der Waals surface area contributed by atoms with Crippen molar-refractivity contribution >= 4 is 6.09 Å². The van der Waals surface area contributed by atoms with E-state index >= 15 is 0 Å². The summed E-state index contributed by atoms with van der Waals surface area (Å²) in [5.41, 5.74) is 0.889. The lowest BCUT2D eigenvalue weighted by atomic mass is 10.1. The number of alkyl halides is 1. The quantitative estimate of drug-likeness (QED) is 0.873. The SMILES string of the molecule is O=C(OCc1ccccc1)N1CCC(O)C(F)C1. The molecule has 0 spiro atoms. The van der Waals surface area contributed by atoms with E-state index in [0.717, 1.165) is 5.56 Å². The van der Waals surface area contributed by atoms with Crippen molar-refractivity contribution in [3.63, 3.8) is 0 Å². The number of hydrogen-bond donors (Lipinski definition) is 1. The third-order valence-corrected chi connectivity index (χ3v) is 2.97. The number of nitrogens with zero attached hydrogens (tertiary/aromatic N) is 1. The van der Waals surface area contributed by atoms with Gasteiger partial charge < -0.3 is 14.7 Å². The van der Waals surface area contributed by atoms with Crippen LogP contribution in [0.3, 0.4) is 0 Å². The molecule has 1 saturated heterocycles. The molecule has 5 heteroatoms. The molecule has 1 amide bonds. The zero-order valence-electron chi connectivity index (χ0n) is 9.96. The normalized spacial score (nSPS) is 23.8. The molecule has 4 nitrogen and oxygen atoms in total. The standard InChI is InChI=1S/C13H16FNO3/c14-11-8-15(7-6-12(11)16)13(17)18-9-10-4-2-1-3-5-10/h1-5,11-12,16H,6-9H2. The number of ether oxygens (including phenoxy) is 1. The monoisotopic (exact) mass is 253 g/mol. The zero-order chi connectivity index (χ0) is 13.0. The minimum atomic E-state index is -1.39. The van der Waals surface area contributed by atoms with Crippen LogP contribution in [-0.2, 0) is 11.3 Å². The molecule has 0 radical (unpaired) electrons. The van der Waals surface area contributed by atoms with E-state index in [4.69, 9.17) is 4.74 Å². The predicted octanol–water partition coefficient (Wildman–Crippen LogP) is 1.73. The Hall–Kier alpha value is -1.62. The van der Waals surface area contributed by atoms with Crippen LogP contribution in [0, 0.1) is 0 Å². The van der Waals surface area contributed by atoms with Crippen LogP contribution in [0.5, 0.6) is 0 Å². The van der Waals surface area contributed by atoms with Gasteiger partial charge in [0.25, 0.3) is 0 Å². The summed E-state index contributed by atoms with van der Waals surface area (Å²) < 4.78 is 18.3. The fourth-order valence-corrected chi connectivity index (χ4v) is 1.87. The van der Waals surface area contributed by atoms with Gasteiger partial charge >= 0.3 is 6.09 Å². The first-order valence-corrected chi connectivity index (χ1v) is 5.94. The second-order valence-electron chi connectivity index (χ2n) is 4.36. The summed E-state index contributed by atoms with van der Waals surface area (Å²) in [4.78, 5) is 13.0. The predicted molar refractivity (Wildman–Crippen MR) is 63.7 cm³/mol. The summed E-state index contributed by atoms with van der Waals surface area (Å²) in [6.07, 6.45) is -2.64. The van der Waals surface area contributed by atoms with Gasteiger partial charge in [0.15, 0.2) is 0 Å². The summed E-state index contributed by atoms with van der Waals surface area (Å²) in [6.45, 7) is 0.402. The smallest absolute Gasteiger partial charge is 0.410 e. The van der Waals surface area contributed by atoms with Crippen molar-refractivity contribution in [3.05, 3.63) is 35.9 Å². The number of likely N-dealkylation sites (tertiary alicyclic amines) is 1. The van der Waals surface area contributed by atoms with Crippen molar-refractivity contribution in [3.8, 4) is 0 Å². The molecular formula is C13H16FNO3. The lowest BCUT2D eigenvalue weighted by Crippen LogP contribution is -2.47. The van der Waals surface area contributed by atoms with Crippen molar-refractivity contribution in [2.24, 2.45) is 0 Å². The lowest BCUT2D eigenvalue weighted by Gasteiger charge is -2.31. The first-order chi connectivity index (χ1) is 8.66. The first kappa shape index (κ1) is 12.8. The molecule has 0 bridgehead atoms. The minimum Gasteiger partial charge on any atom is -0.445 e. The molecule has 0 aliphatic carbocycles. The van der Waals surface area contributed by atoms with E-state index in [0.29, 0.717) is 6.54 Å². The molecule has 0 aromatic heterocycles. The number of aliphatic hydroxyl groups excluding tert-OH is 1. The molecule has 0 saturated carbocycles. The highest BCUT2D eigenvalue weighted by atomic mass is 19.1. The highest BCUT2D eigenvalue weighted by molar-refractivity contribution is 5.67. The van der Waals surface area contributed by atoms with Gasteiger partial charge in [-0.2, -0.15) is 0 Å². The van der Waals surface area contributed by atoms with Crippen LogP contribution >= 0.6 is 0 Å². The molecule has 2 atom stereocenters. The van der Waals surface area contributed by atoms with Gasteiger partial charge in [0.05, 0.1) is 12.6 Å². The van der Waals surface area contributed by atoms with Crippen LogP contribution in [0.4, 0.5) is 9.18 Å². The Labute approximate surface area is 105 Å². The maximum atomic E-state index is 13.3. The third-order valence-electron chi connectivity index (χ3n) is 2.97. The van der Waals surface area contributed by atoms with Crippen LogP contribution in [0.2, 0.25) is 0 Å². The number of hydrogen-bond acceptors (Lipinski definition) is 3. The highest BCUT2D eigenvalue weighted by Crippen LogP contribution is 2.15. The van der Waals surface area contributed by atoms with Crippen LogP contribution in [0.1, 0.15) is 12.0 Å². The number of carbonyl (C=O) groups excluding carboxylic acids is 1. The van der Waals surface area contributed by atoms with Crippen molar-refractivity contribution in [2.75, 3.05) is 13.1 Å². The van der Waals surface area contributed by atoms with Crippen molar-refractivity contribution in [2.45, 2.75) is 25.3 Å². The summed E-state index contributed by atoms with van der Waals surface area (Å²) in [7, 11) is 0. The fourth-order valence-electron chi connectivity index (χ4n) is 1.87. The topological polar surface area (TPSA) is 49.8 Å². The van der Waals surface area contributed by atoms with Gasteiger partial charge in [-0.05, 0) is 12.0 Å². The number of aliphatic hydroxyl groups is 1. The Morgan fingerprint density at radius 3 is 2.83 bits per heavy atom. The summed E-state index contributed by atoms with van der Waals surface area (Å²) in [5, 5.41) is 9.23. The number of halogens is 1. The van der Waals surface area contributed by atoms with E-state index in [1.54, 1.807) is 0 Å². The van der Waals surface area contributed by atoms with E-state index < -0.39 is 18.4 Å². The molecule has 1 aromatic carbocycles. The molecule has 1 N–H and O–H groups in total. The lowest BCUT2D eigenvalue weighted by molar-refractivity contribution is 0.00255. The molecule has 1 aliphatic heterocycles. The molecule has 2 unspecified atom stereocenters. The Balaban J connectivity index is 1.82. The van der Waals surface area contributed by atoms with Crippen LogP contribution in [-0.4, -0.2) is 41.5 Å². The summed E-state index contributed by atoms with van der Waals surface area (Å²) in [5.74, 6) is 0. The highest BCUT2D eigenvalue weighted by Gasteiger charge is 2.30. The number of carbonyl (C=O) groups is 1. The maximum Gasteiger partial charge on any atom is 0.410 e. The van der Waals surface area contributed by atoms with Gasteiger partial charge in [0.1, 0.15) is 12.8 Å². The Morgan fingerprint density at radius 2 is 2.17 bits per heavy atom. The molecule has 1 heterocycles. The van der Waals surface area contributed by atoms with Gasteiger partial charge in [-0.3, -0.25) is 0 Å². The first-order valence-electron chi connectivity index (χ1n) is 5.94. The molecule has 2 rings (SSSR count). The van der Waals surface area contributed by atoms with Crippen molar-refractivity contribution in [1.29, 1.82) is 0 Å². The summed E-state index contributed by atoms with van der Waals surface area (Å²) >= 11 is 0. The van der Waals surface area contributed by atoms with Crippen LogP contribution in [0.25, 0.3) is 0 Å². The molecule has 18 heavy (non-hydrogen) atoms. The fraction of sp³-hybridized carbons (Fsp3) is 0.462. The van der Waals surface area contributed by atoms with Crippen LogP contribution < -0.4 is 0 Å². The van der Waals surface area contributed by atoms with E-state index in [2.05, 4.69) is 0 Å². The molecule has 98 valence electrons. The molecule has 1 fully saturated rings. The van der Waals surface area contributed by atoms with Crippen molar-refractivity contribution < 1.29 is 19.0 Å². The molecule has 1 aliphatic rings. The third kappa shape index (κ3) is 3.20. The second kappa shape index (κ2) is 5.82. The number of amides is 1. The Kier molecular flexibility index (Phi) is 4.15. The Morgan fingerprint density at radius 1 is 1.44 bits per heavy atom. The van der Waals surface area contributed by atoms with Gasteiger partial charge in [-0.25, -0.2) is 9.18 Å². The zero-order valence-corrected chi connectivity index (χ0v) is 9.96. The number of piperidine rings is 1. The van der Waals surface area contributed by atoms with Gasteiger partial charge in [0, 0.05) is 6.54 Å². The minimum absolute atomic E-state index is 0.102. The summed E-state index contributed by atoms with van der Waals surface area (Å²) in [6, 6.07) is 9.30. The van der Waals surface area contributed by atoms with E-state index in [-0.39, 0.29) is 19.6 Å². The Bertz CT molecular complexity index is 398. The van der Waals surface area contributed by atoms with E-state index in [1.807, 2.05) is 30.3 Å². The van der Waals surface area contributed by atoms with Crippen molar-refractivity contribution in [1.82, 2.24) is 4.90 Å².